The van der Waals surface area contributed by atoms with E-state index in [9.17, 15) is 9.90 Å². The van der Waals surface area contributed by atoms with Crippen LogP contribution in [0.4, 0.5) is 0 Å². The Labute approximate surface area is 185 Å². The van der Waals surface area contributed by atoms with Gasteiger partial charge in [0.2, 0.25) is 0 Å². The first-order chi connectivity index (χ1) is 14.8. The number of aliphatic hydroxyl groups is 1. The minimum Gasteiger partial charge on any atom is -0.481 e. The number of aromatic nitrogens is 1. The molecular weight excluding hydrogens is 386 g/mol. The van der Waals surface area contributed by atoms with E-state index in [1.807, 2.05) is 18.5 Å². The van der Waals surface area contributed by atoms with Gasteiger partial charge in [0.25, 0.3) is 0 Å². The number of carbonyl (C=O) groups is 1. The lowest BCUT2D eigenvalue weighted by atomic mass is 9.46. The highest BCUT2D eigenvalue weighted by atomic mass is 16.4. The molecule has 0 bridgehead atoms. The number of hydrogen-bond acceptors (Lipinski definition) is 3. The molecule has 1 heterocycles. The normalized spacial score (nSPS) is 41.5. The van der Waals surface area contributed by atoms with Crippen LogP contribution in [0.2, 0.25) is 0 Å². The number of carboxylic acid groups (broad SMARTS) is 1. The fourth-order valence-electron chi connectivity index (χ4n) is 7.84. The zero-order chi connectivity index (χ0) is 21.8. The number of carboxylic acids is 1. The minimum absolute atomic E-state index is 0.103. The molecule has 0 aliphatic heterocycles. The Bertz CT molecular complexity index is 922. The van der Waals surface area contributed by atoms with Crippen molar-refractivity contribution >= 4 is 11.5 Å². The van der Waals surface area contributed by atoms with Gasteiger partial charge in [-0.1, -0.05) is 37.6 Å². The Kier molecular flexibility index (Phi) is 5.12. The predicted molar refractivity (Wildman–Crippen MR) is 121 cm³/mol. The SMILES string of the molecule is C[C@]12CC[C@H](CCC(=O)O)CC1=C[C@H](O)[C@@H]1[C@@H]2CC[C@]2(C)C(c3cccnc3)=CC[C@@H]12. The van der Waals surface area contributed by atoms with Crippen molar-refractivity contribution in [1.82, 2.24) is 4.98 Å². The van der Waals surface area contributed by atoms with Crippen molar-refractivity contribution in [1.29, 1.82) is 0 Å². The molecule has 166 valence electrons. The molecule has 1 aromatic rings. The van der Waals surface area contributed by atoms with Crippen LogP contribution in [0.5, 0.6) is 0 Å². The molecule has 5 rings (SSSR count). The Morgan fingerprint density at radius 1 is 1.19 bits per heavy atom. The summed E-state index contributed by atoms with van der Waals surface area (Å²) in [5.41, 5.74) is 4.32. The van der Waals surface area contributed by atoms with Gasteiger partial charge in [-0.2, -0.15) is 0 Å². The fraction of sp³-hybridized carbons (Fsp3) is 0.630. The van der Waals surface area contributed by atoms with E-state index >= 15 is 0 Å². The van der Waals surface area contributed by atoms with Crippen LogP contribution >= 0.6 is 0 Å². The lowest BCUT2D eigenvalue weighted by molar-refractivity contribution is -0.137. The Balaban J connectivity index is 1.41. The number of allylic oxidation sites excluding steroid dienone is 3. The van der Waals surface area contributed by atoms with Crippen molar-refractivity contribution in [3.8, 4) is 0 Å². The maximum atomic E-state index is 11.4. The van der Waals surface area contributed by atoms with Crippen molar-refractivity contribution in [2.45, 2.75) is 71.3 Å². The molecule has 0 unspecified atom stereocenters. The summed E-state index contributed by atoms with van der Waals surface area (Å²) in [7, 11) is 0. The van der Waals surface area contributed by atoms with Gasteiger partial charge < -0.3 is 10.2 Å². The van der Waals surface area contributed by atoms with E-state index in [2.05, 4.69) is 37.0 Å². The number of aliphatic carboxylic acids is 1. The second-order valence-electron chi connectivity index (χ2n) is 11.0. The second-order valence-corrected chi connectivity index (χ2v) is 11.0. The van der Waals surface area contributed by atoms with Gasteiger partial charge >= 0.3 is 5.97 Å². The van der Waals surface area contributed by atoms with Crippen LogP contribution in [-0.4, -0.2) is 27.3 Å². The minimum atomic E-state index is -0.698. The van der Waals surface area contributed by atoms with Crippen molar-refractivity contribution in [3.05, 3.63) is 47.8 Å². The molecule has 1 aromatic heterocycles. The molecule has 0 amide bonds. The molecule has 4 aliphatic rings. The summed E-state index contributed by atoms with van der Waals surface area (Å²) in [4.78, 5) is 15.4. The van der Waals surface area contributed by atoms with E-state index in [0.29, 0.717) is 23.7 Å². The number of hydrogen-bond donors (Lipinski definition) is 2. The smallest absolute Gasteiger partial charge is 0.303 e. The topological polar surface area (TPSA) is 70.4 Å². The van der Waals surface area contributed by atoms with E-state index in [1.54, 1.807) is 0 Å². The van der Waals surface area contributed by atoms with Crippen LogP contribution < -0.4 is 0 Å². The first-order valence-electron chi connectivity index (χ1n) is 12.0. The van der Waals surface area contributed by atoms with Crippen molar-refractivity contribution in [3.63, 3.8) is 0 Å². The van der Waals surface area contributed by atoms with Crippen molar-refractivity contribution < 1.29 is 15.0 Å². The first kappa shape index (κ1) is 20.9. The lowest BCUT2D eigenvalue weighted by Gasteiger charge is -2.59. The summed E-state index contributed by atoms with van der Waals surface area (Å²) in [6.45, 7) is 4.85. The monoisotopic (exact) mass is 421 g/mol. The number of pyridine rings is 1. The molecule has 4 nitrogen and oxygen atoms in total. The molecule has 2 N–H and O–H groups in total. The van der Waals surface area contributed by atoms with Crippen molar-refractivity contribution in [2.75, 3.05) is 0 Å². The molecule has 0 aromatic carbocycles. The standard InChI is InChI=1S/C27H35NO3/c1-26-11-9-17(5-8-24(30)31)14-19(26)15-23(29)25-21-7-6-20(18-4-3-13-28-16-18)27(21,2)12-10-22(25)26/h3-4,6,13,15-17,21-23,25,29H,5,7-12,14H2,1-2H3,(H,30,31)/t17-,21-,22-,23-,25-,26-,27+/m0/s1. The maximum absolute atomic E-state index is 11.4. The number of rotatable bonds is 4. The molecule has 2 saturated carbocycles. The summed E-state index contributed by atoms with van der Waals surface area (Å²) < 4.78 is 0. The molecule has 2 fully saturated rings. The van der Waals surface area contributed by atoms with Gasteiger partial charge in [0.05, 0.1) is 6.10 Å². The van der Waals surface area contributed by atoms with Crippen LogP contribution in [0.3, 0.4) is 0 Å². The van der Waals surface area contributed by atoms with Gasteiger partial charge in [-0.05, 0) is 96.7 Å². The average Bonchev–Trinajstić information content (AvgIpc) is 3.10. The van der Waals surface area contributed by atoms with Gasteiger partial charge in [0, 0.05) is 18.8 Å². The Morgan fingerprint density at radius 2 is 2.00 bits per heavy atom. The van der Waals surface area contributed by atoms with Gasteiger partial charge in [-0.3, -0.25) is 9.78 Å². The van der Waals surface area contributed by atoms with Gasteiger partial charge in [0.15, 0.2) is 0 Å². The summed E-state index contributed by atoms with van der Waals surface area (Å²) in [6.07, 6.45) is 15.6. The Hall–Kier alpha value is -1.94. The van der Waals surface area contributed by atoms with Gasteiger partial charge in [-0.15, -0.1) is 0 Å². The fourth-order valence-corrected chi connectivity index (χ4v) is 7.84. The van der Waals surface area contributed by atoms with Gasteiger partial charge in [0.1, 0.15) is 0 Å². The zero-order valence-electron chi connectivity index (χ0n) is 18.8. The largest absolute Gasteiger partial charge is 0.481 e. The molecule has 0 saturated heterocycles. The third-order valence-corrected chi connectivity index (χ3v) is 9.55. The van der Waals surface area contributed by atoms with Crippen LogP contribution in [0, 0.1) is 34.5 Å². The molecule has 0 spiro atoms. The second kappa shape index (κ2) is 7.58. The number of fused-ring (bicyclic) bond motifs is 5. The highest BCUT2D eigenvalue weighted by molar-refractivity contribution is 5.72. The van der Waals surface area contributed by atoms with Gasteiger partial charge in [-0.25, -0.2) is 0 Å². The third-order valence-electron chi connectivity index (χ3n) is 9.55. The zero-order valence-corrected chi connectivity index (χ0v) is 18.8. The summed E-state index contributed by atoms with van der Waals surface area (Å²) in [5.74, 6) is 1.03. The molecule has 0 radical (unpaired) electrons. The van der Waals surface area contributed by atoms with E-state index in [0.717, 1.165) is 44.9 Å². The molecule has 31 heavy (non-hydrogen) atoms. The summed E-state index contributed by atoms with van der Waals surface area (Å²) >= 11 is 0. The van der Waals surface area contributed by atoms with E-state index in [1.165, 1.54) is 16.7 Å². The van der Waals surface area contributed by atoms with E-state index in [-0.39, 0.29) is 17.3 Å². The maximum Gasteiger partial charge on any atom is 0.303 e. The molecular formula is C27H35NO3. The Morgan fingerprint density at radius 3 is 2.74 bits per heavy atom. The van der Waals surface area contributed by atoms with Crippen molar-refractivity contribution in [2.24, 2.45) is 34.5 Å². The van der Waals surface area contributed by atoms with E-state index < -0.39 is 12.1 Å². The summed E-state index contributed by atoms with van der Waals surface area (Å²) in [5, 5.41) is 20.4. The average molecular weight is 422 g/mol. The van der Waals surface area contributed by atoms with Crippen LogP contribution in [-0.2, 0) is 4.79 Å². The predicted octanol–water partition coefficient (Wildman–Crippen LogP) is 5.49. The number of nitrogens with zero attached hydrogens (tertiary/aromatic N) is 1. The molecule has 7 atom stereocenters. The molecule has 4 aliphatic carbocycles. The highest BCUT2D eigenvalue weighted by Crippen LogP contribution is 2.66. The lowest BCUT2D eigenvalue weighted by Crippen LogP contribution is -2.53. The van der Waals surface area contributed by atoms with Crippen LogP contribution in [0.25, 0.3) is 5.57 Å². The quantitative estimate of drug-likeness (QED) is 0.631. The summed E-state index contributed by atoms with van der Waals surface area (Å²) in [6, 6.07) is 4.19. The number of aliphatic hydroxyl groups excluding tert-OH is 1. The van der Waals surface area contributed by atoms with Crippen LogP contribution in [0.15, 0.2) is 42.3 Å². The van der Waals surface area contributed by atoms with Crippen LogP contribution in [0.1, 0.15) is 70.8 Å². The van der Waals surface area contributed by atoms with E-state index in [4.69, 9.17) is 5.11 Å². The first-order valence-corrected chi connectivity index (χ1v) is 12.0. The molecule has 4 heteroatoms. The third kappa shape index (κ3) is 3.29. The highest BCUT2D eigenvalue weighted by Gasteiger charge is 2.59.